The van der Waals surface area contributed by atoms with Gasteiger partial charge in [0, 0.05) is 18.5 Å². The Morgan fingerprint density at radius 2 is 1.69 bits per heavy atom. The van der Waals surface area contributed by atoms with Crippen LogP contribution in [0.3, 0.4) is 0 Å². The smallest absolute Gasteiger partial charge is 0.275 e. The number of benzene rings is 2. The molecule has 29 heavy (non-hydrogen) atoms. The van der Waals surface area contributed by atoms with Crippen molar-refractivity contribution in [3.8, 4) is 0 Å². The molecule has 0 spiro atoms. The molecule has 0 bridgehead atoms. The Balaban J connectivity index is 1.53. The van der Waals surface area contributed by atoms with Gasteiger partial charge in [0.2, 0.25) is 5.91 Å². The highest BCUT2D eigenvalue weighted by molar-refractivity contribution is 6.03. The number of piperidine rings is 1. The van der Waals surface area contributed by atoms with Crippen molar-refractivity contribution in [3.05, 3.63) is 70.6 Å². The van der Waals surface area contributed by atoms with E-state index in [0.29, 0.717) is 16.6 Å². The molecule has 0 aliphatic carbocycles. The number of likely N-dealkylation sites (tertiary alicyclic amines) is 1. The van der Waals surface area contributed by atoms with Gasteiger partial charge in [-0.15, -0.1) is 0 Å². The van der Waals surface area contributed by atoms with Crippen molar-refractivity contribution in [2.75, 3.05) is 18.4 Å². The summed E-state index contributed by atoms with van der Waals surface area (Å²) in [4.78, 5) is 39.8. The first-order valence-electron chi connectivity index (χ1n) is 9.76. The maximum atomic E-state index is 12.9. The molecule has 1 fully saturated rings. The van der Waals surface area contributed by atoms with E-state index in [4.69, 9.17) is 0 Å². The monoisotopic (exact) mass is 390 g/mol. The summed E-state index contributed by atoms with van der Waals surface area (Å²) >= 11 is 0. The third kappa shape index (κ3) is 4.03. The first-order chi connectivity index (χ1) is 14.1. The molecule has 1 saturated heterocycles. The largest absolute Gasteiger partial charge is 0.339 e. The van der Waals surface area contributed by atoms with Crippen LogP contribution in [-0.2, 0) is 11.3 Å². The lowest BCUT2D eigenvalue weighted by Crippen LogP contribution is -2.36. The molecule has 2 aromatic carbocycles. The van der Waals surface area contributed by atoms with Crippen LogP contribution >= 0.6 is 0 Å². The van der Waals surface area contributed by atoms with Crippen molar-refractivity contribution in [1.29, 1.82) is 0 Å². The quantitative estimate of drug-likeness (QED) is 0.742. The molecule has 0 radical (unpaired) electrons. The summed E-state index contributed by atoms with van der Waals surface area (Å²) in [5, 5.41) is 8.09. The molecule has 4 rings (SSSR count). The lowest BCUT2D eigenvalue weighted by atomic mass is 10.1. The van der Waals surface area contributed by atoms with Crippen LogP contribution in [0.4, 0.5) is 5.69 Å². The van der Waals surface area contributed by atoms with Crippen LogP contribution in [-0.4, -0.2) is 39.6 Å². The Bertz CT molecular complexity index is 1120. The number of carbonyl (C=O) groups excluding carboxylic acids is 2. The predicted molar refractivity (Wildman–Crippen MR) is 111 cm³/mol. The fourth-order valence-electron chi connectivity index (χ4n) is 3.61. The number of nitrogens with one attached hydrogen (secondary N) is 1. The van der Waals surface area contributed by atoms with E-state index in [1.165, 1.54) is 0 Å². The minimum atomic E-state index is -0.409. The average Bonchev–Trinajstić information content (AvgIpc) is 2.76. The van der Waals surface area contributed by atoms with Crippen molar-refractivity contribution in [3.63, 3.8) is 0 Å². The highest BCUT2D eigenvalue weighted by Crippen LogP contribution is 2.20. The molecule has 148 valence electrons. The van der Waals surface area contributed by atoms with Crippen LogP contribution in [0.15, 0.2) is 59.5 Å². The second kappa shape index (κ2) is 8.26. The number of amides is 2. The minimum absolute atomic E-state index is 0.0819. The first-order valence-corrected chi connectivity index (χ1v) is 9.76. The summed E-state index contributed by atoms with van der Waals surface area (Å²) in [6.07, 6.45) is 4.70. The van der Waals surface area contributed by atoms with E-state index in [-0.39, 0.29) is 18.0 Å². The molecular formula is C22H22N4O3. The normalized spacial score (nSPS) is 14.0. The summed E-state index contributed by atoms with van der Waals surface area (Å²) in [5.41, 5.74) is 0.583. The topological polar surface area (TPSA) is 84.3 Å². The van der Waals surface area contributed by atoms with E-state index in [0.717, 1.165) is 42.4 Å². The van der Waals surface area contributed by atoms with E-state index in [1.807, 2.05) is 11.0 Å². The van der Waals surface area contributed by atoms with Crippen LogP contribution in [0, 0.1) is 0 Å². The van der Waals surface area contributed by atoms with Crippen LogP contribution in [0.25, 0.3) is 10.8 Å². The zero-order valence-corrected chi connectivity index (χ0v) is 16.0. The van der Waals surface area contributed by atoms with Crippen molar-refractivity contribution in [2.45, 2.75) is 25.8 Å². The third-order valence-corrected chi connectivity index (χ3v) is 5.13. The Morgan fingerprint density at radius 1 is 0.966 bits per heavy atom. The fourth-order valence-corrected chi connectivity index (χ4v) is 3.61. The molecule has 7 heteroatoms. The standard InChI is InChI=1S/C22H22N4O3/c27-20(15-26-22(29)17-9-3-2-8-16(17)14-23-26)24-19-11-5-4-10-18(19)21(28)25-12-6-1-7-13-25/h2-5,8-11,14H,1,6-7,12-13,15H2,(H,24,27). The SMILES string of the molecule is O=C(Cn1ncc2ccccc2c1=O)Nc1ccccc1C(=O)N1CCCCC1. The number of anilines is 1. The Morgan fingerprint density at radius 3 is 2.52 bits per heavy atom. The summed E-state index contributed by atoms with van der Waals surface area (Å²) in [7, 11) is 0. The van der Waals surface area contributed by atoms with Gasteiger partial charge >= 0.3 is 0 Å². The molecule has 1 N–H and O–H groups in total. The molecule has 0 saturated carbocycles. The van der Waals surface area contributed by atoms with Crippen molar-refractivity contribution < 1.29 is 9.59 Å². The summed E-state index contributed by atoms with van der Waals surface area (Å²) in [6, 6.07) is 14.1. The molecule has 0 unspecified atom stereocenters. The zero-order valence-electron chi connectivity index (χ0n) is 16.0. The van der Waals surface area contributed by atoms with E-state index in [2.05, 4.69) is 10.4 Å². The number of hydrogen-bond acceptors (Lipinski definition) is 4. The van der Waals surface area contributed by atoms with Gasteiger partial charge in [0.1, 0.15) is 6.54 Å². The van der Waals surface area contributed by atoms with E-state index in [1.54, 1.807) is 48.7 Å². The number of aromatic nitrogens is 2. The Hall–Kier alpha value is -3.48. The number of nitrogens with zero attached hydrogens (tertiary/aromatic N) is 3. The number of fused-ring (bicyclic) bond motifs is 1. The Kier molecular flexibility index (Phi) is 5.37. The van der Waals surface area contributed by atoms with Crippen LogP contribution in [0.1, 0.15) is 29.6 Å². The van der Waals surface area contributed by atoms with Crippen molar-refractivity contribution >= 4 is 28.3 Å². The molecule has 1 aliphatic heterocycles. The molecule has 2 heterocycles. The lowest BCUT2D eigenvalue weighted by molar-refractivity contribution is -0.117. The van der Waals surface area contributed by atoms with Gasteiger partial charge in [-0.1, -0.05) is 30.3 Å². The van der Waals surface area contributed by atoms with Gasteiger partial charge in [-0.25, -0.2) is 4.68 Å². The maximum Gasteiger partial charge on any atom is 0.275 e. The van der Waals surface area contributed by atoms with Crippen molar-refractivity contribution in [2.24, 2.45) is 0 Å². The van der Waals surface area contributed by atoms with Gasteiger partial charge in [0.15, 0.2) is 0 Å². The molecule has 7 nitrogen and oxygen atoms in total. The summed E-state index contributed by atoms with van der Waals surface area (Å²) in [6.45, 7) is 1.24. The zero-order chi connectivity index (χ0) is 20.2. The van der Waals surface area contributed by atoms with Gasteiger partial charge in [-0.2, -0.15) is 5.10 Å². The first kappa shape index (κ1) is 18.9. The molecule has 3 aromatic rings. The van der Waals surface area contributed by atoms with E-state index >= 15 is 0 Å². The molecule has 1 aliphatic rings. The number of rotatable bonds is 4. The highest BCUT2D eigenvalue weighted by atomic mass is 16.2. The second-order valence-corrected chi connectivity index (χ2v) is 7.14. The van der Waals surface area contributed by atoms with Gasteiger partial charge in [-0.3, -0.25) is 14.4 Å². The third-order valence-electron chi connectivity index (χ3n) is 5.13. The Labute approximate surface area is 167 Å². The molecule has 1 aromatic heterocycles. The number of carbonyl (C=O) groups is 2. The maximum absolute atomic E-state index is 12.9. The molecule has 0 atom stereocenters. The van der Waals surface area contributed by atoms with Crippen LogP contribution < -0.4 is 10.9 Å². The fraction of sp³-hybridized carbons (Fsp3) is 0.273. The van der Waals surface area contributed by atoms with Crippen LogP contribution in [0.2, 0.25) is 0 Å². The number of hydrogen-bond donors (Lipinski definition) is 1. The van der Waals surface area contributed by atoms with E-state index < -0.39 is 5.91 Å². The highest BCUT2D eigenvalue weighted by Gasteiger charge is 2.21. The second-order valence-electron chi connectivity index (χ2n) is 7.14. The van der Waals surface area contributed by atoms with Gasteiger partial charge in [0.05, 0.1) is 22.8 Å². The number of para-hydroxylation sites is 1. The minimum Gasteiger partial charge on any atom is -0.339 e. The van der Waals surface area contributed by atoms with Gasteiger partial charge < -0.3 is 10.2 Å². The van der Waals surface area contributed by atoms with Gasteiger partial charge in [0.25, 0.3) is 11.5 Å². The predicted octanol–water partition coefficient (Wildman–Crippen LogP) is 2.66. The lowest BCUT2D eigenvalue weighted by Gasteiger charge is -2.27. The molecule has 2 amide bonds. The summed E-state index contributed by atoms with van der Waals surface area (Å²) in [5.74, 6) is -0.490. The van der Waals surface area contributed by atoms with E-state index in [9.17, 15) is 14.4 Å². The van der Waals surface area contributed by atoms with Gasteiger partial charge in [-0.05, 0) is 37.5 Å². The average molecular weight is 390 g/mol. The summed E-state index contributed by atoms with van der Waals surface area (Å²) < 4.78 is 1.13. The molecular weight excluding hydrogens is 368 g/mol. The van der Waals surface area contributed by atoms with Crippen LogP contribution in [0.5, 0.6) is 0 Å². The van der Waals surface area contributed by atoms with Crippen molar-refractivity contribution in [1.82, 2.24) is 14.7 Å².